The summed E-state index contributed by atoms with van der Waals surface area (Å²) in [6, 6.07) is 16.8. The Morgan fingerprint density at radius 2 is 1.54 bits per heavy atom. The smallest absolute Gasteiger partial charge is 0.248 e. The van der Waals surface area contributed by atoms with E-state index in [-0.39, 0.29) is 5.91 Å². The van der Waals surface area contributed by atoms with Crippen LogP contribution in [0.4, 0.5) is 5.69 Å². The number of methoxy groups -OCH3 is 4. The third-order valence-electron chi connectivity index (χ3n) is 5.72. The van der Waals surface area contributed by atoms with Crippen LogP contribution in [0.2, 0.25) is 0 Å². The summed E-state index contributed by atoms with van der Waals surface area (Å²) in [5, 5.41) is 3.78. The van der Waals surface area contributed by atoms with Gasteiger partial charge < -0.3 is 28.7 Å². The fourth-order valence-corrected chi connectivity index (χ4v) is 3.89. The molecule has 0 aliphatic carbocycles. The van der Waals surface area contributed by atoms with Gasteiger partial charge in [0.05, 0.1) is 34.7 Å². The van der Waals surface area contributed by atoms with Crippen molar-refractivity contribution in [3.05, 3.63) is 72.5 Å². The summed E-state index contributed by atoms with van der Waals surface area (Å²) in [6.45, 7) is 1.87. The number of ether oxygens (including phenoxy) is 4. The lowest BCUT2D eigenvalue weighted by Crippen LogP contribution is -2.09. The summed E-state index contributed by atoms with van der Waals surface area (Å²) in [6.07, 6.45) is 3.26. The lowest BCUT2D eigenvalue weighted by atomic mass is 9.99. The molecule has 1 amide bonds. The number of nitrogens with one attached hydrogen (secondary N) is 1. The Morgan fingerprint density at radius 3 is 2.20 bits per heavy atom. The van der Waals surface area contributed by atoms with Gasteiger partial charge in [-0.05, 0) is 48.4 Å². The zero-order valence-corrected chi connectivity index (χ0v) is 20.3. The first-order valence-corrected chi connectivity index (χ1v) is 10.9. The number of amides is 1. The molecule has 3 aromatic carbocycles. The molecule has 0 fully saturated rings. The number of hydrogen-bond donors (Lipinski definition) is 1. The molecule has 0 saturated heterocycles. The number of allylic oxidation sites excluding steroid dienone is 1. The van der Waals surface area contributed by atoms with Crippen LogP contribution in [-0.4, -0.2) is 34.3 Å². The first-order valence-electron chi connectivity index (χ1n) is 10.9. The second kappa shape index (κ2) is 10.3. The second-order valence-corrected chi connectivity index (χ2v) is 7.81. The van der Waals surface area contributed by atoms with Gasteiger partial charge in [0.15, 0.2) is 11.5 Å². The predicted octanol–water partition coefficient (Wildman–Crippen LogP) is 6.18. The molecule has 0 atom stereocenters. The highest BCUT2D eigenvalue weighted by Crippen LogP contribution is 2.38. The summed E-state index contributed by atoms with van der Waals surface area (Å²) < 4.78 is 27.2. The van der Waals surface area contributed by atoms with Gasteiger partial charge in [-0.1, -0.05) is 12.1 Å². The minimum Gasteiger partial charge on any atom is -0.497 e. The molecule has 0 bridgehead atoms. The maximum atomic E-state index is 12.8. The summed E-state index contributed by atoms with van der Waals surface area (Å²) in [4.78, 5) is 12.8. The van der Waals surface area contributed by atoms with E-state index in [9.17, 15) is 4.79 Å². The van der Waals surface area contributed by atoms with E-state index in [2.05, 4.69) is 5.32 Å². The number of fused-ring (bicyclic) bond motifs is 1. The molecular weight excluding hydrogens is 446 g/mol. The fourth-order valence-electron chi connectivity index (χ4n) is 3.89. The average Bonchev–Trinajstić information content (AvgIpc) is 3.30. The number of anilines is 1. The van der Waals surface area contributed by atoms with E-state index >= 15 is 0 Å². The van der Waals surface area contributed by atoms with Crippen LogP contribution in [0, 0.1) is 0 Å². The second-order valence-electron chi connectivity index (χ2n) is 7.81. The van der Waals surface area contributed by atoms with Crippen LogP contribution >= 0.6 is 0 Å². The molecule has 1 aromatic heterocycles. The standard InChI is InChI=1S/C28H27NO6/c1-17(12-28(30)29-19-8-11-24(32-3)27(13-19)34-5)21-14-22-23(16-35-26(22)15-25(21)33-4)18-6-9-20(31-2)10-7-18/h6-16H,1-5H3,(H,29,30)/b17-12+. The van der Waals surface area contributed by atoms with E-state index in [1.165, 1.54) is 6.08 Å². The van der Waals surface area contributed by atoms with Gasteiger partial charge in [0.1, 0.15) is 17.1 Å². The maximum Gasteiger partial charge on any atom is 0.248 e. The van der Waals surface area contributed by atoms with Crippen LogP contribution in [0.25, 0.3) is 27.7 Å². The number of benzene rings is 3. The number of furan rings is 1. The van der Waals surface area contributed by atoms with Crippen molar-refractivity contribution in [2.75, 3.05) is 33.8 Å². The van der Waals surface area contributed by atoms with Crippen LogP contribution in [-0.2, 0) is 4.79 Å². The molecule has 180 valence electrons. The monoisotopic (exact) mass is 473 g/mol. The topological polar surface area (TPSA) is 79.2 Å². The SMILES string of the molecule is COc1ccc(-c2coc3cc(OC)c(/C(C)=C/C(=O)Nc4ccc(OC)c(OC)c4)cc23)cc1. The van der Waals surface area contributed by atoms with Gasteiger partial charge in [0.2, 0.25) is 5.91 Å². The largest absolute Gasteiger partial charge is 0.497 e. The number of carbonyl (C=O) groups is 1. The molecule has 0 spiro atoms. The Morgan fingerprint density at radius 1 is 0.829 bits per heavy atom. The van der Waals surface area contributed by atoms with Gasteiger partial charge in [-0.25, -0.2) is 0 Å². The Balaban J connectivity index is 1.66. The van der Waals surface area contributed by atoms with Crippen molar-refractivity contribution in [3.63, 3.8) is 0 Å². The maximum absolute atomic E-state index is 12.8. The quantitative estimate of drug-likeness (QED) is 0.308. The highest BCUT2D eigenvalue weighted by atomic mass is 16.5. The number of rotatable bonds is 8. The fraction of sp³-hybridized carbons (Fsp3) is 0.179. The van der Waals surface area contributed by atoms with Crippen molar-refractivity contribution >= 4 is 28.1 Å². The van der Waals surface area contributed by atoms with Crippen molar-refractivity contribution in [3.8, 4) is 34.1 Å². The summed E-state index contributed by atoms with van der Waals surface area (Å²) >= 11 is 0. The normalized spacial score (nSPS) is 11.3. The molecule has 0 saturated carbocycles. The van der Waals surface area contributed by atoms with E-state index in [4.69, 9.17) is 23.4 Å². The van der Waals surface area contributed by atoms with E-state index in [0.717, 1.165) is 33.4 Å². The molecule has 1 heterocycles. The summed E-state index contributed by atoms with van der Waals surface area (Å²) in [5.74, 6) is 2.23. The van der Waals surface area contributed by atoms with Gasteiger partial charge in [0, 0.05) is 40.4 Å². The van der Waals surface area contributed by atoms with Crippen LogP contribution in [0.1, 0.15) is 12.5 Å². The highest BCUT2D eigenvalue weighted by Gasteiger charge is 2.15. The highest BCUT2D eigenvalue weighted by molar-refractivity contribution is 6.05. The Kier molecular flexibility index (Phi) is 6.96. The van der Waals surface area contributed by atoms with Gasteiger partial charge in [-0.15, -0.1) is 0 Å². The zero-order valence-electron chi connectivity index (χ0n) is 20.3. The van der Waals surface area contributed by atoms with Crippen LogP contribution in [0.5, 0.6) is 23.0 Å². The Hall–Kier alpha value is -4.39. The Bertz CT molecular complexity index is 1380. The van der Waals surface area contributed by atoms with Crippen molar-refractivity contribution in [2.45, 2.75) is 6.92 Å². The Labute approximate surface area is 203 Å². The number of carbonyl (C=O) groups excluding carboxylic acids is 1. The molecule has 35 heavy (non-hydrogen) atoms. The molecule has 4 rings (SSSR count). The molecule has 0 unspecified atom stereocenters. The zero-order chi connectivity index (χ0) is 24.9. The van der Waals surface area contributed by atoms with Crippen LogP contribution < -0.4 is 24.3 Å². The molecule has 7 heteroatoms. The van der Waals surface area contributed by atoms with Crippen LogP contribution in [0.3, 0.4) is 0 Å². The molecule has 0 aliphatic rings. The van der Waals surface area contributed by atoms with Crippen LogP contribution in [0.15, 0.2) is 71.4 Å². The van der Waals surface area contributed by atoms with Gasteiger partial charge in [0.25, 0.3) is 0 Å². The predicted molar refractivity (Wildman–Crippen MR) is 137 cm³/mol. The molecule has 4 aromatic rings. The third kappa shape index (κ3) is 4.94. The van der Waals surface area contributed by atoms with E-state index in [1.807, 2.05) is 43.3 Å². The average molecular weight is 474 g/mol. The van der Waals surface area contributed by atoms with Crippen molar-refractivity contribution in [2.24, 2.45) is 0 Å². The van der Waals surface area contributed by atoms with Gasteiger partial charge >= 0.3 is 0 Å². The molecule has 1 N–H and O–H groups in total. The van der Waals surface area contributed by atoms with E-state index < -0.39 is 0 Å². The van der Waals surface area contributed by atoms with Crippen molar-refractivity contribution < 1.29 is 28.2 Å². The molecular formula is C28H27NO6. The molecule has 7 nitrogen and oxygen atoms in total. The van der Waals surface area contributed by atoms with E-state index in [1.54, 1.807) is 52.9 Å². The van der Waals surface area contributed by atoms with Gasteiger partial charge in [-0.2, -0.15) is 0 Å². The van der Waals surface area contributed by atoms with Crippen molar-refractivity contribution in [1.29, 1.82) is 0 Å². The first-order chi connectivity index (χ1) is 17.0. The first kappa shape index (κ1) is 23.8. The lowest BCUT2D eigenvalue weighted by molar-refractivity contribution is -0.111. The lowest BCUT2D eigenvalue weighted by Gasteiger charge is -2.11. The van der Waals surface area contributed by atoms with Crippen molar-refractivity contribution in [1.82, 2.24) is 0 Å². The number of hydrogen-bond acceptors (Lipinski definition) is 6. The third-order valence-corrected chi connectivity index (χ3v) is 5.72. The summed E-state index contributed by atoms with van der Waals surface area (Å²) in [5.41, 5.74) is 4.75. The van der Waals surface area contributed by atoms with E-state index in [0.29, 0.717) is 28.5 Å². The minimum absolute atomic E-state index is 0.278. The summed E-state index contributed by atoms with van der Waals surface area (Å²) in [7, 11) is 6.34. The minimum atomic E-state index is -0.278. The molecule has 0 aliphatic heterocycles. The molecule has 0 radical (unpaired) electrons. The van der Waals surface area contributed by atoms with Gasteiger partial charge in [-0.3, -0.25) is 4.79 Å².